The van der Waals surface area contributed by atoms with Crippen molar-refractivity contribution in [1.82, 2.24) is 5.32 Å². The molecule has 1 aromatic carbocycles. The van der Waals surface area contributed by atoms with Gasteiger partial charge in [-0.2, -0.15) is 0 Å². The van der Waals surface area contributed by atoms with Crippen molar-refractivity contribution in [2.75, 3.05) is 18.4 Å². The lowest BCUT2D eigenvalue weighted by atomic mass is 10.0. The number of halogens is 2. The number of nitrogens with one attached hydrogen (secondary N) is 2. The van der Waals surface area contributed by atoms with Gasteiger partial charge in [0.1, 0.15) is 11.5 Å². The van der Waals surface area contributed by atoms with Crippen LogP contribution in [0.5, 0.6) is 0 Å². The van der Waals surface area contributed by atoms with Crippen LogP contribution in [0.3, 0.4) is 0 Å². The maximum atomic E-state index is 6.37. The molecule has 2 aromatic rings. The molecule has 0 bridgehead atoms. The summed E-state index contributed by atoms with van der Waals surface area (Å²) >= 11 is 6.37. The Balaban J connectivity index is 0.00000161. The third kappa shape index (κ3) is 3.73. The van der Waals surface area contributed by atoms with E-state index in [0.717, 1.165) is 48.2 Å². The minimum atomic E-state index is 0. The zero-order valence-corrected chi connectivity index (χ0v) is 13.6. The molecule has 0 radical (unpaired) electrons. The van der Waals surface area contributed by atoms with Gasteiger partial charge in [-0.3, -0.25) is 0 Å². The predicted molar refractivity (Wildman–Crippen MR) is 89.7 cm³/mol. The molecule has 0 aliphatic carbocycles. The molecule has 1 aliphatic rings. The van der Waals surface area contributed by atoms with E-state index in [9.17, 15) is 0 Å². The average molecular weight is 327 g/mol. The van der Waals surface area contributed by atoms with Crippen molar-refractivity contribution in [3.63, 3.8) is 0 Å². The summed E-state index contributed by atoms with van der Waals surface area (Å²) in [5, 5.41) is 7.66. The van der Waals surface area contributed by atoms with Gasteiger partial charge in [-0.05, 0) is 62.2 Å². The lowest BCUT2D eigenvalue weighted by molar-refractivity contribution is 0.490. The van der Waals surface area contributed by atoms with Crippen molar-refractivity contribution in [3.8, 4) is 0 Å². The van der Waals surface area contributed by atoms with Crippen LogP contribution in [0.2, 0.25) is 5.02 Å². The van der Waals surface area contributed by atoms with E-state index in [2.05, 4.69) is 16.7 Å². The lowest BCUT2D eigenvalue weighted by Gasteiger charge is -2.15. The van der Waals surface area contributed by atoms with Crippen molar-refractivity contribution in [3.05, 3.63) is 51.9 Å². The Bertz CT molecular complexity index is 610. The zero-order chi connectivity index (χ0) is 13.9. The highest BCUT2D eigenvalue weighted by Gasteiger charge is 2.14. The fourth-order valence-electron chi connectivity index (χ4n) is 2.69. The number of hydrogen-bond donors (Lipinski definition) is 2. The molecule has 1 aromatic heterocycles. The fraction of sp³-hybridized carbons (Fsp3) is 0.375. The average Bonchev–Trinajstić information content (AvgIpc) is 2.71. The number of benzene rings is 1. The molecule has 0 amide bonds. The van der Waals surface area contributed by atoms with Crippen LogP contribution in [0.15, 0.2) is 28.7 Å². The van der Waals surface area contributed by atoms with Crippen molar-refractivity contribution in [2.45, 2.75) is 26.3 Å². The Kier molecular flexibility index (Phi) is 5.57. The normalized spacial score (nSPS) is 14.0. The number of hydrogen-bond acceptors (Lipinski definition) is 3. The highest BCUT2D eigenvalue weighted by molar-refractivity contribution is 6.33. The maximum Gasteiger partial charge on any atom is 0.123 e. The summed E-state index contributed by atoms with van der Waals surface area (Å²) < 4.78 is 5.60. The molecule has 2 N–H and O–H groups in total. The molecule has 0 atom stereocenters. The third-order valence-corrected chi connectivity index (χ3v) is 4.03. The second kappa shape index (κ2) is 7.21. The van der Waals surface area contributed by atoms with E-state index >= 15 is 0 Å². The molecule has 3 rings (SSSR count). The molecular weight excluding hydrogens is 307 g/mol. The molecular formula is C16H20Cl2N2O. The first-order valence-corrected chi connectivity index (χ1v) is 7.42. The van der Waals surface area contributed by atoms with E-state index in [1.807, 2.05) is 25.1 Å². The van der Waals surface area contributed by atoms with Gasteiger partial charge in [0.25, 0.3) is 0 Å². The Labute approximate surface area is 136 Å². The molecule has 0 fully saturated rings. The monoisotopic (exact) mass is 326 g/mol. The van der Waals surface area contributed by atoms with Gasteiger partial charge in [0.05, 0.1) is 17.3 Å². The van der Waals surface area contributed by atoms with E-state index < -0.39 is 0 Å². The third-order valence-electron chi connectivity index (χ3n) is 3.72. The molecule has 3 nitrogen and oxygen atoms in total. The number of fused-ring (bicyclic) bond motifs is 1. The number of rotatable bonds is 3. The van der Waals surface area contributed by atoms with E-state index in [0.29, 0.717) is 6.54 Å². The molecule has 2 heterocycles. The second-order valence-electron chi connectivity index (χ2n) is 5.18. The fourth-order valence-corrected chi connectivity index (χ4v) is 2.93. The van der Waals surface area contributed by atoms with Crippen molar-refractivity contribution in [1.29, 1.82) is 0 Å². The SMILES string of the molecule is Cc1ccc(CNc2c(Cl)ccc3c2CCNCC3)o1.Cl. The minimum Gasteiger partial charge on any atom is -0.465 e. The van der Waals surface area contributed by atoms with Gasteiger partial charge in [-0.15, -0.1) is 12.4 Å². The number of anilines is 1. The van der Waals surface area contributed by atoms with Crippen molar-refractivity contribution < 1.29 is 4.42 Å². The number of aryl methyl sites for hydroxylation is 1. The highest BCUT2D eigenvalue weighted by Crippen LogP contribution is 2.31. The summed E-state index contributed by atoms with van der Waals surface area (Å²) in [6, 6.07) is 8.11. The Morgan fingerprint density at radius 3 is 2.76 bits per heavy atom. The molecule has 21 heavy (non-hydrogen) atoms. The van der Waals surface area contributed by atoms with E-state index in [1.165, 1.54) is 11.1 Å². The molecule has 0 saturated carbocycles. The predicted octanol–water partition coefficient (Wildman–Crippen LogP) is 3.96. The van der Waals surface area contributed by atoms with Crippen LogP contribution in [-0.2, 0) is 19.4 Å². The van der Waals surface area contributed by atoms with Crippen LogP contribution < -0.4 is 10.6 Å². The van der Waals surface area contributed by atoms with Crippen LogP contribution in [0.1, 0.15) is 22.6 Å². The van der Waals surface area contributed by atoms with Gasteiger partial charge in [0.15, 0.2) is 0 Å². The first-order chi connectivity index (χ1) is 9.74. The van der Waals surface area contributed by atoms with Crippen molar-refractivity contribution in [2.24, 2.45) is 0 Å². The first-order valence-electron chi connectivity index (χ1n) is 7.04. The molecule has 0 spiro atoms. The summed E-state index contributed by atoms with van der Waals surface area (Å²) in [6.45, 7) is 4.65. The Morgan fingerprint density at radius 1 is 1.19 bits per heavy atom. The molecule has 1 aliphatic heterocycles. The van der Waals surface area contributed by atoms with Gasteiger partial charge >= 0.3 is 0 Å². The Hall–Kier alpha value is -1.16. The molecule has 5 heteroatoms. The summed E-state index contributed by atoms with van der Waals surface area (Å²) in [5.74, 6) is 1.87. The summed E-state index contributed by atoms with van der Waals surface area (Å²) in [4.78, 5) is 0. The summed E-state index contributed by atoms with van der Waals surface area (Å²) in [5.41, 5.74) is 3.78. The number of furan rings is 1. The van der Waals surface area contributed by atoms with Crippen LogP contribution >= 0.6 is 24.0 Å². The topological polar surface area (TPSA) is 37.2 Å². The van der Waals surface area contributed by atoms with Crippen LogP contribution in [0.25, 0.3) is 0 Å². The molecule has 114 valence electrons. The van der Waals surface area contributed by atoms with Gasteiger partial charge in [-0.25, -0.2) is 0 Å². The Morgan fingerprint density at radius 2 is 2.00 bits per heavy atom. The van der Waals surface area contributed by atoms with Crippen LogP contribution in [0, 0.1) is 6.92 Å². The highest BCUT2D eigenvalue weighted by atomic mass is 35.5. The van der Waals surface area contributed by atoms with Gasteiger partial charge in [-0.1, -0.05) is 17.7 Å². The zero-order valence-electron chi connectivity index (χ0n) is 12.0. The lowest BCUT2D eigenvalue weighted by Crippen LogP contribution is -2.16. The van der Waals surface area contributed by atoms with E-state index in [1.54, 1.807) is 0 Å². The summed E-state index contributed by atoms with van der Waals surface area (Å²) in [7, 11) is 0. The molecule has 0 saturated heterocycles. The largest absolute Gasteiger partial charge is 0.465 e. The standard InChI is InChI=1S/C16H19ClN2O.ClH/c1-11-2-4-13(20-11)10-19-16-14-7-9-18-8-6-12(14)3-5-15(16)17;/h2-5,18-19H,6-10H2,1H3;1H. The van der Waals surface area contributed by atoms with E-state index in [-0.39, 0.29) is 12.4 Å². The molecule has 0 unspecified atom stereocenters. The van der Waals surface area contributed by atoms with E-state index in [4.69, 9.17) is 16.0 Å². The van der Waals surface area contributed by atoms with Crippen LogP contribution in [0.4, 0.5) is 5.69 Å². The van der Waals surface area contributed by atoms with Gasteiger partial charge in [0.2, 0.25) is 0 Å². The summed E-state index contributed by atoms with van der Waals surface area (Å²) in [6.07, 6.45) is 2.07. The maximum absolute atomic E-state index is 6.37. The van der Waals surface area contributed by atoms with Gasteiger partial charge in [0, 0.05) is 0 Å². The smallest absolute Gasteiger partial charge is 0.123 e. The second-order valence-corrected chi connectivity index (χ2v) is 5.58. The van der Waals surface area contributed by atoms with Crippen LogP contribution in [-0.4, -0.2) is 13.1 Å². The van der Waals surface area contributed by atoms with Gasteiger partial charge < -0.3 is 15.1 Å². The minimum absolute atomic E-state index is 0. The first kappa shape index (κ1) is 16.2. The quantitative estimate of drug-likeness (QED) is 0.896. The van der Waals surface area contributed by atoms with Crippen molar-refractivity contribution >= 4 is 29.7 Å².